The summed E-state index contributed by atoms with van der Waals surface area (Å²) >= 11 is 0. The van der Waals surface area contributed by atoms with Crippen LogP contribution < -0.4 is 4.74 Å². The highest BCUT2D eigenvalue weighted by molar-refractivity contribution is 5.15. The SMILES string of the molecule is CC(C)Oc1cc(C(F)(F)F)ncn1. The first kappa shape index (κ1) is 10.7. The van der Waals surface area contributed by atoms with Crippen LogP contribution >= 0.6 is 0 Å². The Labute approximate surface area is 78.9 Å². The molecule has 0 bridgehead atoms. The Bertz CT molecular complexity index is 312. The lowest BCUT2D eigenvalue weighted by Crippen LogP contribution is -2.11. The van der Waals surface area contributed by atoms with E-state index in [1.165, 1.54) is 0 Å². The zero-order valence-electron chi connectivity index (χ0n) is 7.67. The van der Waals surface area contributed by atoms with E-state index >= 15 is 0 Å². The summed E-state index contributed by atoms with van der Waals surface area (Å²) in [4.78, 5) is 6.66. The molecule has 0 aliphatic rings. The van der Waals surface area contributed by atoms with Crippen LogP contribution in [-0.2, 0) is 6.18 Å². The number of rotatable bonds is 2. The normalized spacial score (nSPS) is 11.9. The van der Waals surface area contributed by atoms with Gasteiger partial charge in [0, 0.05) is 6.07 Å². The molecule has 0 saturated heterocycles. The van der Waals surface area contributed by atoms with Gasteiger partial charge in [-0.05, 0) is 13.8 Å². The summed E-state index contributed by atoms with van der Waals surface area (Å²) in [5.41, 5.74) is -0.997. The molecule has 0 radical (unpaired) electrons. The van der Waals surface area contributed by atoms with Gasteiger partial charge in [-0.3, -0.25) is 0 Å². The lowest BCUT2D eigenvalue weighted by molar-refractivity contribution is -0.141. The summed E-state index contributed by atoms with van der Waals surface area (Å²) in [7, 11) is 0. The zero-order valence-corrected chi connectivity index (χ0v) is 7.67. The number of hydrogen-bond donors (Lipinski definition) is 0. The molecule has 1 aromatic rings. The Hall–Kier alpha value is -1.33. The Morgan fingerprint density at radius 2 is 1.93 bits per heavy atom. The van der Waals surface area contributed by atoms with Gasteiger partial charge >= 0.3 is 6.18 Å². The van der Waals surface area contributed by atoms with Crippen LogP contribution in [0.5, 0.6) is 5.88 Å². The van der Waals surface area contributed by atoms with E-state index in [0.29, 0.717) is 0 Å². The van der Waals surface area contributed by atoms with Gasteiger partial charge in [0.05, 0.1) is 6.10 Å². The van der Waals surface area contributed by atoms with Crippen molar-refractivity contribution in [2.45, 2.75) is 26.1 Å². The van der Waals surface area contributed by atoms with E-state index in [4.69, 9.17) is 4.74 Å². The van der Waals surface area contributed by atoms with Crippen LogP contribution in [0.15, 0.2) is 12.4 Å². The lowest BCUT2D eigenvalue weighted by atomic mass is 10.4. The average molecular weight is 206 g/mol. The van der Waals surface area contributed by atoms with Crippen molar-refractivity contribution < 1.29 is 17.9 Å². The van der Waals surface area contributed by atoms with Gasteiger partial charge in [-0.15, -0.1) is 0 Å². The second kappa shape index (κ2) is 3.81. The van der Waals surface area contributed by atoms with Gasteiger partial charge in [-0.2, -0.15) is 13.2 Å². The molecule has 0 aliphatic heterocycles. The van der Waals surface area contributed by atoms with Gasteiger partial charge in [0.25, 0.3) is 0 Å². The van der Waals surface area contributed by atoms with Crippen molar-refractivity contribution in [3.63, 3.8) is 0 Å². The van der Waals surface area contributed by atoms with Crippen LogP contribution in [0.1, 0.15) is 19.5 Å². The number of nitrogens with zero attached hydrogens (tertiary/aromatic N) is 2. The molecule has 1 aromatic heterocycles. The molecule has 1 heterocycles. The third-order valence-electron chi connectivity index (χ3n) is 1.29. The van der Waals surface area contributed by atoms with Crippen LogP contribution in [0.2, 0.25) is 0 Å². The molecule has 14 heavy (non-hydrogen) atoms. The molecule has 0 fully saturated rings. The molecule has 0 unspecified atom stereocenters. The monoisotopic (exact) mass is 206 g/mol. The van der Waals surface area contributed by atoms with Crippen molar-refractivity contribution >= 4 is 0 Å². The summed E-state index contributed by atoms with van der Waals surface area (Å²) in [6, 6.07) is 0.778. The second-order valence-electron chi connectivity index (χ2n) is 2.91. The minimum atomic E-state index is -4.46. The molecule has 0 spiro atoms. The average Bonchev–Trinajstić information content (AvgIpc) is 2.01. The summed E-state index contributed by atoms with van der Waals surface area (Å²) in [5, 5.41) is 0. The van der Waals surface area contributed by atoms with Crippen molar-refractivity contribution in [2.75, 3.05) is 0 Å². The molecule has 0 aromatic carbocycles. The van der Waals surface area contributed by atoms with E-state index in [9.17, 15) is 13.2 Å². The smallest absolute Gasteiger partial charge is 0.433 e. The molecule has 0 aliphatic carbocycles. The molecule has 1 rings (SSSR count). The predicted molar refractivity (Wildman–Crippen MR) is 42.8 cm³/mol. The predicted octanol–water partition coefficient (Wildman–Crippen LogP) is 2.28. The quantitative estimate of drug-likeness (QED) is 0.744. The minimum Gasteiger partial charge on any atom is -0.475 e. The molecule has 0 saturated carbocycles. The summed E-state index contributed by atoms with van der Waals surface area (Å²) in [6.07, 6.45) is -3.84. The fraction of sp³-hybridized carbons (Fsp3) is 0.500. The maximum atomic E-state index is 12.2. The number of ether oxygens (including phenoxy) is 1. The van der Waals surface area contributed by atoms with E-state index in [-0.39, 0.29) is 12.0 Å². The maximum absolute atomic E-state index is 12.2. The number of hydrogen-bond acceptors (Lipinski definition) is 3. The molecule has 0 N–H and O–H groups in total. The van der Waals surface area contributed by atoms with Crippen molar-refractivity contribution in [1.29, 1.82) is 0 Å². The Morgan fingerprint density at radius 3 is 2.43 bits per heavy atom. The second-order valence-corrected chi connectivity index (χ2v) is 2.91. The molecule has 3 nitrogen and oxygen atoms in total. The van der Waals surface area contributed by atoms with E-state index in [0.717, 1.165) is 12.4 Å². The van der Waals surface area contributed by atoms with Crippen molar-refractivity contribution in [2.24, 2.45) is 0 Å². The molecule has 0 atom stereocenters. The zero-order chi connectivity index (χ0) is 10.8. The first-order chi connectivity index (χ1) is 6.39. The topological polar surface area (TPSA) is 35.0 Å². The van der Waals surface area contributed by atoms with Gasteiger partial charge in [-0.1, -0.05) is 0 Å². The molecular weight excluding hydrogens is 197 g/mol. The third kappa shape index (κ3) is 2.86. The Balaban J connectivity index is 2.90. The largest absolute Gasteiger partial charge is 0.475 e. The van der Waals surface area contributed by atoms with Crippen molar-refractivity contribution in [3.05, 3.63) is 18.1 Å². The van der Waals surface area contributed by atoms with Gasteiger partial charge < -0.3 is 4.74 Å². The van der Waals surface area contributed by atoms with Gasteiger partial charge in [0.2, 0.25) is 5.88 Å². The summed E-state index contributed by atoms with van der Waals surface area (Å²) in [5.74, 6) is -0.0673. The number of aromatic nitrogens is 2. The highest BCUT2D eigenvalue weighted by Crippen LogP contribution is 2.28. The van der Waals surface area contributed by atoms with E-state index < -0.39 is 11.9 Å². The molecule has 6 heteroatoms. The first-order valence-electron chi connectivity index (χ1n) is 3.95. The number of alkyl halides is 3. The van der Waals surface area contributed by atoms with Crippen molar-refractivity contribution in [1.82, 2.24) is 9.97 Å². The Morgan fingerprint density at radius 1 is 1.29 bits per heavy atom. The fourth-order valence-electron chi connectivity index (χ4n) is 0.800. The molecule has 0 amide bonds. The summed E-state index contributed by atoms with van der Waals surface area (Å²) in [6.45, 7) is 3.41. The highest BCUT2D eigenvalue weighted by Gasteiger charge is 2.33. The number of halogens is 3. The molecule has 78 valence electrons. The van der Waals surface area contributed by atoms with E-state index in [2.05, 4.69) is 9.97 Å². The van der Waals surface area contributed by atoms with Crippen LogP contribution in [0.3, 0.4) is 0 Å². The van der Waals surface area contributed by atoms with Crippen LogP contribution in [0.4, 0.5) is 13.2 Å². The van der Waals surface area contributed by atoms with Crippen LogP contribution in [0.25, 0.3) is 0 Å². The standard InChI is InChI=1S/C8H9F3N2O/c1-5(2)14-7-3-6(8(9,10)11)12-4-13-7/h3-5H,1-2H3. The fourth-order valence-corrected chi connectivity index (χ4v) is 0.800. The summed E-state index contributed by atoms with van der Waals surface area (Å²) < 4.78 is 41.5. The van der Waals surface area contributed by atoms with E-state index in [1.807, 2.05) is 0 Å². The highest BCUT2D eigenvalue weighted by atomic mass is 19.4. The molecular formula is C8H9F3N2O. The van der Waals surface area contributed by atoms with E-state index in [1.54, 1.807) is 13.8 Å². The first-order valence-corrected chi connectivity index (χ1v) is 3.95. The lowest BCUT2D eigenvalue weighted by Gasteiger charge is -2.10. The Kier molecular flexibility index (Phi) is 2.93. The third-order valence-corrected chi connectivity index (χ3v) is 1.29. The van der Waals surface area contributed by atoms with Crippen molar-refractivity contribution in [3.8, 4) is 5.88 Å². The van der Waals surface area contributed by atoms with Gasteiger partial charge in [0.1, 0.15) is 6.33 Å². The van der Waals surface area contributed by atoms with Gasteiger partial charge in [-0.25, -0.2) is 9.97 Å². The maximum Gasteiger partial charge on any atom is 0.433 e. The van der Waals surface area contributed by atoms with Gasteiger partial charge in [0.15, 0.2) is 5.69 Å². The van der Waals surface area contributed by atoms with Crippen LogP contribution in [0, 0.1) is 0 Å². The van der Waals surface area contributed by atoms with Crippen LogP contribution in [-0.4, -0.2) is 16.1 Å². The minimum absolute atomic E-state index is 0.0673.